The van der Waals surface area contributed by atoms with Crippen molar-refractivity contribution in [2.75, 3.05) is 32.6 Å². The zero-order chi connectivity index (χ0) is 18.7. The summed E-state index contributed by atoms with van der Waals surface area (Å²) in [4.78, 5) is 24.7. The molecule has 1 aromatic rings. The van der Waals surface area contributed by atoms with Crippen molar-refractivity contribution in [3.63, 3.8) is 0 Å². The number of urea groups is 1. The number of rotatable bonds is 4. The van der Waals surface area contributed by atoms with Crippen LogP contribution in [0.3, 0.4) is 0 Å². The lowest BCUT2D eigenvalue weighted by Crippen LogP contribution is -2.47. The molecule has 2 aliphatic rings. The topological polar surface area (TPSA) is 93.9 Å². The fraction of sp³-hybridized carbons (Fsp3) is 0.389. The first-order valence-electron chi connectivity index (χ1n) is 8.31. The van der Waals surface area contributed by atoms with Gasteiger partial charge in [0.15, 0.2) is 0 Å². The van der Waals surface area contributed by atoms with Crippen molar-refractivity contribution >= 4 is 17.4 Å². The van der Waals surface area contributed by atoms with E-state index in [2.05, 4.69) is 5.32 Å². The molecule has 1 saturated heterocycles. The van der Waals surface area contributed by atoms with Gasteiger partial charge in [-0.25, -0.2) is 4.79 Å². The number of carbonyl (C=O) groups is 1. The first kappa shape index (κ1) is 17.9. The Hall–Kier alpha value is -2.87. The van der Waals surface area contributed by atoms with Crippen molar-refractivity contribution in [2.45, 2.75) is 12.5 Å². The van der Waals surface area contributed by atoms with E-state index in [0.29, 0.717) is 18.8 Å². The van der Waals surface area contributed by atoms with Crippen LogP contribution in [0, 0.1) is 16.0 Å². The van der Waals surface area contributed by atoms with Crippen LogP contribution in [-0.2, 0) is 9.47 Å². The van der Waals surface area contributed by atoms with Crippen LogP contribution in [-0.4, -0.2) is 49.3 Å². The van der Waals surface area contributed by atoms with Gasteiger partial charge in [0.25, 0.3) is 5.69 Å². The number of nitro groups is 1. The Morgan fingerprint density at radius 1 is 1.38 bits per heavy atom. The number of carbonyl (C=O) groups excluding carboxylic acids is 1. The van der Waals surface area contributed by atoms with Crippen molar-refractivity contribution in [1.82, 2.24) is 4.90 Å². The second-order valence-corrected chi connectivity index (χ2v) is 6.23. The summed E-state index contributed by atoms with van der Waals surface area (Å²) >= 11 is 0. The second-order valence-electron chi connectivity index (χ2n) is 6.23. The van der Waals surface area contributed by atoms with E-state index in [1.807, 2.05) is 12.2 Å². The number of hydrogen-bond acceptors (Lipinski definition) is 5. The number of nitrogens with one attached hydrogen (secondary N) is 1. The van der Waals surface area contributed by atoms with Crippen LogP contribution < -0.4 is 5.32 Å². The van der Waals surface area contributed by atoms with Crippen LogP contribution >= 0.6 is 0 Å². The zero-order valence-corrected chi connectivity index (χ0v) is 14.7. The Balaban J connectivity index is 1.69. The number of anilines is 1. The van der Waals surface area contributed by atoms with E-state index in [1.54, 1.807) is 31.3 Å². The number of nitrogens with zero attached hydrogens (tertiary/aromatic N) is 2. The molecule has 0 saturated carbocycles. The number of likely N-dealkylation sites (tertiary alicyclic amines) is 1. The highest BCUT2D eigenvalue weighted by atomic mass is 16.6. The van der Waals surface area contributed by atoms with Gasteiger partial charge in [0, 0.05) is 43.9 Å². The second kappa shape index (κ2) is 7.57. The summed E-state index contributed by atoms with van der Waals surface area (Å²) < 4.78 is 10.9. The number of amides is 2. The summed E-state index contributed by atoms with van der Waals surface area (Å²) in [6, 6.07) is 5.63. The number of fused-ring (bicyclic) bond motifs is 1. The minimum atomic E-state index is -0.488. The lowest BCUT2D eigenvalue weighted by atomic mass is 9.83. The van der Waals surface area contributed by atoms with Crippen LogP contribution in [0.1, 0.15) is 6.42 Å². The summed E-state index contributed by atoms with van der Waals surface area (Å²) in [5.41, 5.74) is 1.55. The van der Waals surface area contributed by atoms with Gasteiger partial charge in [-0.05, 0) is 24.6 Å². The van der Waals surface area contributed by atoms with Crippen molar-refractivity contribution in [3.05, 3.63) is 57.9 Å². The van der Waals surface area contributed by atoms with Crippen LogP contribution in [0.2, 0.25) is 0 Å². The maximum absolute atomic E-state index is 12.6. The SMILES string of the molecule is COC1=CC(OC)C2CN(C(=O)Nc3cccc([N+](=O)[O-])c3)CCC2=C1. The molecule has 2 atom stereocenters. The molecular formula is C18H21N3O5. The average molecular weight is 359 g/mol. The standard InChI is InChI=1S/C18H21N3O5/c1-25-15-8-12-6-7-20(11-16(12)17(10-15)26-2)18(22)19-13-4-3-5-14(9-13)21(23)24/h3-5,8-10,16-17H,6-7,11H2,1-2H3,(H,19,22). The number of non-ortho nitro benzene ring substituents is 1. The number of nitro benzene ring substituents is 1. The molecule has 1 aliphatic carbocycles. The molecule has 2 amide bonds. The van der Waals surface area contributed by atoms with Gasteiger partial charge < -0.3 is 19.7 Å². The predicted molar refractivity (Wildman–Crippen MR) is 95.8 cm³/mol. The molecule has 0 spiro atoms. The van der Waals surface area contributed by atoms with Crippen molar-refractivity contribution in [2.24, 2.45) is 5.92 Å². The number of ether oxygens (including phenoxy) is 2. The first-order chi connectivity index (χ1) is 12.5. The van der Waals surface area contributed by atoms with Crippen molar-refractivity contribution < 1.29 is 19.2 Å². The summed E-state index contributed by atoms with van der Waals surface area (Å²) in [6.45, 7) is 1.08. The van der Waals surface area contributed by atoms with Gasteiger partial charge in [0.05, 0.1) is 18.1 Å². The van der Waals surface area contributed by atoms with Gasteiger partial charge in [-0.15, -0.1) is 0 Å². The molecule has 1 N–H and O–H groups in total. The third-order valence-corrected chi connectivity index (χ3v) is 4.72. The van der Waals surface area contributed by atoms with E-state index in [-0.39, 0.29) is 23.7 Å². The maximum atomic E-state index is 12.6. The molecule has 0 bridgehead atoms. The Bertz CT molecular complexity index is 774. The summed E-state index contributed by atoms with van der Waals surface area (Å²) in [6.07, 6.45) is 4.50. The van der Waals surface area contributed by atoms with E-state index in [0.717, 1.165) is 12.2 Å². The predicted octanol–water partition coefficient (Wildman–Crippen LogP) is 2.93. The van der Waals surface area contributed by atoms with Gasteiger partial charge in [-0.1, -0.05) is 11.6 Å². The molecule has 2 unspecified atom stereocenters. The quantitative estimate of drug-likeness (QED) is 0.659. The number of hydrogen-bond donors (Lipinski definition) is 1. The lowest BCUT2D eigenvalue weighted by Gasteiger charge is -2.39. The van der Waals surface area contributed by atoms with Crippen LogP contribution in [0.15, 0.2) is 47.7 Å². The highest BCUT2D eigenvalue weighted by Gasteiger charge is 2.34. The van der Waals surface area contributed by atoms with Crippen LogP contribution in [0.4, 0.5) is 16.2 Å². The molecule has 138 valence electrons. The van der Waals surface area contributed by atoms with Crippen molar-refractivity contribution in [1.29, 1.82) is 0 Å². The van der Waals surface area contributed by atoms with Gasteiger partial charge in [0.1, 0.15) is 5.76 Å². The van der Waals surface area contributed by atoms with E-state index >= 15 is 0 Å². The molecular weight excluding hydrogens is 338 g/mol. The average Bonchev–Trinajstić information content (AvgIpc) is 2.66. The number of benzene rings is 1. The molecule has 1 fully saturated rings. The van der Waals surface area contributed by atoms with E-state index < -0.39 is 4.92 Å². The van der Waals surface area contributed by atoms with Gasteiger partial charge in [0.2, 0.25) is 0 Å². The maximum Gasteiger partial charge on any atom is 0.321 e. The third-order valence-electron chi connectivity index (χ3n) is 4.72. The van der Waals surface area contributed by atoms with E-state index in [1.165, 1.54) is 17.7 Å². The largest absolute Gasteiger partial charge is 0.497 e. The van der Waals surface area contributed by atoms with Gasteiger partial charge >= 0.3 is 6.03 Å². The first-order valence-corrected chi connectivity index (χ1v) is 8.31. The zero-order valence-electron chi connectivity index (χ0n) is 14.7. The highest BCUT2D eigenvalue weighted by Crippen LogP contribution is 2.33. The van der Waals surface area contributed by atoms with Gasteiger partial charge in [-0.2, -0.15) is 0 Å². The van der Waals surface area contributed by atoms with Gasteiger partial charge in [-0.3, -0.25) is 10.1 Å². The molecule has 1 aromatic carbocycles. The number of piperidine rings is 1. The van der Waals surface area contributed by atoms with E-state index in [9.17, 15) is 14.9 Å². The molecule has 8 heteroatoms. The normalized spacial score (nSPS) is 22.0. The van der Waals surface area contributed by atoms with Crippen molar-refractivity contribution in [3.8, 4) is 0 Å². The molecule has 8 nitrogen and oxygen atoms in total. The summed E-state index contributed by atoms with van der Waals surface area (Å²) in [5, 5.41) is 13.6. The lowest BCUT2D eigenvalue weighted by molar-refractivity contribution is -0.384. The highest BCUT2D eigenvalue weighted by molar-refractivity contribution is 5.89. The molecule has 3 rings (SSSR count). The Morgan fingerprint density at radius 3 is 2.88 bits per heavy atom. The minimum absolute atomic E-state index is 0.0596. The summed E-state index contributed by atoms with van der Waals surface area (Å²) in [5.74, 6) is 0.848. The Kier molecular flexibility index (Phi) is 5.22. The van der Waals surface area contributed by atoms with Crippen LogP contribution in [0.5, 0.6) is 0 Å². The summed E-state index contributed by atoms with van der Waals surface area (Å²) in [7, 11) is 3.26. The fourth-order valence-electron chi connectivity index (χ4n) is 3.34. The monoisotopic (exact) mass is 359 g/mol. The smallest absolute Gasteiger partial charge is 0.321 e. The Morgan fingerprint density at radius 2 is 2.19 bits per heavy atom. The molecule has 0 radical (unpaired) electrons. The molecule has 0 aromatic heterocycles. The van der Waals surface area contributed by atoms with Crippen LogP contribution in [0.25, 0.3) is 0 Å². The number of allylic oxidation sites excluding steroid dienone is 1. The molecule has 1 heterocycles. The fourth-order valence-corrected chi connectivity index (χ4v) is 3.34. The Labute approximate surface area is 151 Å². The minimum Gasteiger partial charge on any atom is -0.497 e. The molecule has 1 aliphatic heterocycles. The molecule has 26 heavy (non-hydrogen) atoms. The third kappa shape index (κ3) is 3.70. The van der Waals surface area contributed by atoms with E-state index in [4.69, 9.17) is 9.47 Å². The number of methoxy groups -OCH3 is 2.